The van der Waals surface area contributed by atoms with Crippen molar-refractivity contribution in [1.29, 1.82) is 0 Å². The fraction of sp³-hybridized carbons (Fsp3) is 0.118. The van der Waals surface area contributed by atoms with Gasteiger partial charge in [0.1, 0.15) is 0 Å². The number of hydrogen-bond donors (Lipinski definition) is 2. The van der Waals surface area contributed by atoms with Crippen molar-refractivity contribution in [3.63, 3.8) is 0 Å². The Morgan fingerprint density at radius 2 is 1.77 bits per heavy atom. The van der Waals surface area contributed by atoms with Crippen molar-refractivity contribution in [3.8, 4) is 11.5 Å². The highest BCUT2D eigenvalue weighted by Gasteiger charge is 2.30. The Morgan fingerprint density at radius 1 is 1.08 bits per heavy atom. The van der Waals surface area contributed by atoms with E-state index in [9.17, 15) is 18.0 Å². The number of amides is 1. The minimum absolute atomic E-state index is 0.0612. The number of carbonyl (C=O) groups is 1. The molecule has 0 saturated carbocycles. The first-order chi connectivity index (χ1) is 12.4. The Kier molecular flexibility index (Phi) is 4.72. The molecule has 2 N–H and O–H groups in total. The molecule has 0 fully saturated rings. The molecule has 1 heterocycles. The Hall–Kier alpha value is -3.20. The van der Waals surface area contributed by atoms with E-state index >= 15 is 0 Å². The largest absolute Gasteiger partial charge is 0.416 e. The predicted molar refractivity (Wildman–Crippen MR) is 83.2 cm³/mol. The fourth-order valence-corrected chi connectivity index (χ4v) is 2.39. The summed E-state index contributed by atoms with van der Waals surface area (Å²) >= 11 is 0. The van der Waals surface area contributed by atoms with Gasteiger partial charge >= 0.3 is 18.0 Å². The van der Waals surface area contributed by atoms with Gasteiger partial charge in [0, 0.05) is 5.56 Å². The van der Waals surface area contributed by atoms with E-state index in [1.165, 1.54) is 17.6 Å². The second kappa shape index (κ2) is 6.96. The average Bonchev–Trinajstić information content (AvgIpc) is 3.11. The molecule has 3 aromatic rings. The zero-order valence-corrected chi connectivity index (χ0v) is 13.1. The van der Waals surface area contributed by atoms with Crippen LogP contribution in [0.1, 0.15) is 27.4 Å². The third-order valence-corrected chi connectivity index (χ3v) is 3.64. The van der Waals surface area contributed by atoms with Crippen molar-refractivity contribution >= 4 is 5.91 Å². The summed E-state index contributed by atoms with van der Waals surface area (Å²) < 4.78 is 43.2. The van der Waals surface area contributed by atoms with Gasteiger partial charge in [-0.15, -0.1) is 10.2 Å². The molecule has 2 aromatic carbocycles. The number of carbonyl (C=O) groups excluding carboxylic acids is 1. The molecule has 3 rings (SSSR count). The number of hydroxylamine groups is 1. The molecule has 0 radical (unpaired) electrons. The smallest absolute Gasteiger partial charge is 0.412 e. The lowest BCUT2D eigenvalue weighted by Gasteiger charge is -2.09. The van der Waals surface area contributed by atoms with Gasteiger partial charge in [-0.1, -0.05) is 30.3 Å². The number of halogens is 3. The third kappa shape index (κ3) is 3.72. The quantitative estimate of drug-likeness (QED) is 0.547. The topological polar surface area (TPSA) is 88.2 Å². The molecule has 26 heavy (non-hydrogen) atoms. The van der Waals surface area contributed by atoms with E-state index < -0.39 is 23.5 Å². The maximum absolute atomic E-state index is 12.7. The van der Waals surface area contributed by atoms with Gasteiger partial charge in [-0.2, -0.15) is 13.2 Å². The summed E-state index contributed by atoms with van der Waals surface area (Å²) in [5.41, 5.74) is 2.61. The first-order valence-electron chi connectivity index (χ1n) is 7.41. The van der Waals surface area contributed by atoms with E-state index in [0.29, 0.717) is 17.5 Å². The zero-order valence-electron chi connectivity index (χ0n) is 13.1. The number of nitrogens with one attached hydrogen (secondary N) is 1. The van der Waals surface area contributed by atoms with Crippen LogP contribution >= 0.6 is 0 Å². The van der Waals surface area contributed by atoms with Gasteiger partial charge in [0.05, 0.1) is 5.56 Å². The molecule has 1 amide bonds. The molecule has 0 atom stereocenters. The van der Waals surface area contributed by atoms with Crippen molar-refractivity contribution in [2.75, 3.05) is 0 Å². The molecule has 0 aliphatic carbocycles. The molecule has 0 saturated heterocycles. The summed E-state index contributed by atoms with van der Waals surface area (Å²) in [5.74, 6) is -1.29. The van der Waals surface area contributed by atoms with E-state index in [2.05, 4.69) is 10.2 Å². The Bertz CT molecular complexity index is 921. The molecule has 1 aromatic heterocycles. The van der Waals surface area contributed by atoms with Gasteiger partial charge < -0.3 is 4.42 Å². The number of aromatic nitrogens is 2. The second-order valence-electron chi connectivity index (χ2n) is 5.38. The van der Waals surface area contributed by atoms with E-state index in [-0.39, 0.29) is 5.89 Å². The third-order valence-electron chi connectivity index (χ3n) is 3.64. The van der Waals surface area contributed by atoms with Gasteiger partial charge in [-0.25, -0.2) is 5.48 Å². The van der Waals surface area contributed by atoms with Crippen LogP contribution in [0, 0.1) is 0 Å². The fourth-order valence-electron chi connectivity index (χ4n) is 2.39. The lowest BCUT2D eigenvalue weighted by molar-refractivity contribution is -0.137. The van der Waals surface area contributed by atoms with Gasteiger partial charge in [-0.3, -0.25) is 10.0 Å². The van der Waals surface area contributed by atoms with Crippen LogP contribution in [0.15, 0.2) is 52.9 Å². The summed E-state index contributed by atoms with van der Waals surface area (Å²) in [6.07, 6.45) is -4.05. The lowest BCUT2D eigenvalue weighted by Crippen LogP contribution is -2.18. The SMILES string of the molecule is O=C(NO)c1nnc(-c2ccccc2Cc2ccc(C(F)(F)F)cc2)o1. The minimum Gasteiger partial charge on any atom is -0.412 e. The Balaban J connectivity index is 1.88. The normalized spacial score (nSPS) is 11.4. The number of benzene rings is 2. The summed E-state index contributed by atoms with van der Waals surface area (Å²) in [4.78, 5) is 11.3. The van der Waals surface area contributed by atoms with Crippen molar-refractivity contribution < 1.29 is 27.6 Å². The van der Waals surface area contributed by atoms with Crippen LogP contribution in [-0.2, 0) is 12.6 Å². The van der Waals surface area contributed by atoms with Crippen LogP contribution in [0.2, 0.25) is 0 Å². The number of rotatable bonds is 4. The number of alkyl halides is 3. The Morgan fingerprint density at radius 3 is 2.42 bits per heavy atom. The van der Waals surface area contributed by atoms with Crippen LogP contribution in [0.5, 0.6) is 0 Å². The maximum atomic E-state index is 12.7. The van der Waals surface area contributed by atoms with Crippen LogP contribution < -0.4 is 5.48 Å². The standard InChI is InChI=1S/C17H12F3N3O3/c18-17(19,20)12-7-5-10(6-8-12)9-11-3-1-2-4-13(11)15-21-22-16(26-15)14(24)23-25/h1-8,25H,9H2,(H,23,24). The van der Waals surface area contributed by atoms with Crippen molar-refractivity contribution in [2.45, 2.75) is 12.6 Å². The number of hydrogen-bond acceptors (Lipinski definition) is 5. The first kappa shape index (κ1) is 17.6. The lowest BCUT2D eigenvalue weighted by atomic mass is 9.99. The van der Waals surface area contributed by atoms with Gasteiger partial charge in [0.15, 0.2) is 0 Å². The molecule has 134 valence electrons. The molecule has 9 heteroatoms. The number of nitrogens with zero attached hydrogens (tertiary/aromatic N) is 2. The van der Waals surface area contributed by atoms with Crippen LogP contribution in [-0.4, -0.2) is 21.3 Å². The summed E-state index contributed by atoms with van der Waals surface area (Å²) in [7, 11) is 0. The molecular weight excluding hydrogens is 351 g/mol. The molecular formula is C17H12F3N3O3. The van der Waals surface area contributed by atoms with Gasteiger partial charge in [0.2, 0.25) is 5.89 Å². The van der Waals surface area contributed by atoms with Gasteiger partial charge in [-0.05, 0) is 35.7 Å². The minimum atomic E-state index is -4.39. The summed E-state index contributed by atoms with van der Waals surface area (Å²) in [5, 5.41) is 15.9. The first-order valence-corrected chi connectivity index (χ1v) is 7.41. The van der Waals surface area contributed by atoms with Crippen molar-refractivity contribution in [3.05, 3.63) is 71.1 Å². The molecule has 0 bridgehead atoms. The highest BCUT2D eigenvalue weighted by Crippen LogP contribution is 2.30. The van der Waals surface area contributed by atoms with Crippen molar-refractivity contribution in [2.24, 2.45) is 0 Å². The van der Waals surface area contributed by atoms with Crippen LogP contribution in [0.4, 0.5) is 13.2 Å². The molecule has 0 aliphatic rings. The zero-order chi connectivity index (χ0) is 18.7. The highest BCUT2D eigenvalue weighted by molar-refractivity contribution is 5.88. The molecule has 0 unspecified atom stereocenters. The van der Waals surface area contributed by atoms with E-state index in [4.69, 9.17) is 9.62 Å². The summed E-state index contributed by atoms with van der Waals surface area (Å²) in [6, 6.07) is 11.8. The van der Waals surface area contributed by atoms with Crippen LogP contribution in [0.3, 0.4) is 0 Å². The summed E-state index contributed by atoms with van der Waals surface area (Å²) in [6.45, 7) is 0. The second-order valence-corrected chi connectivity index (χ2v) is 5.38. The van der Waals surface area contributed by atoms with Crippen molar-refractivity contribution in [1.82, 2.24) is 15.7 Å². The predicted octanol–water partition coefficient (Wildman–Crippen LogP) is 3.47. The van der Waals surface area contributed by atoms with Gasteiger partial charge in [0.25, 0.3) is 0 Å². The van der Waals surface area contributed by atoms with E-state index in [0.717, 1.165) is 17.7 Å². The van der Waals surface area contributed by atoms with Crippen LogP contribution in [0.25, 0.3) is 11.5 Å². The Labute approximate surface area is 145 Å². The average molecular weight is 363 g/mol. The monoisotopic (exact) mass is 363 g/mol. The maximum Gasteiger partial charge on any atom is 0.416 e. The van der Waals surface area contributed by atoms with E-state index in [1.807, 2.05) is 0 Å². The molecule has 0 spiro atoms. The molecule has 0 aliphatic heterocycles. The molecule has 6 nitrogen and oxygen atoms in total. The highest BCUT2D eigenvalue weighted by atomic mass is 19.4. The van der Waals surface area contributed by atoms with E-state index in [1.54, 1.807) is 24.3 Å².